The van der Waals surface area contributed by atoms with E-state index >= 15 is 0 Å². The number of rotatable bonds is 7. The van der Waals surface area contributed by atoms with Gasteiger partial charge in [0.25, 0.3) is 0 Å². The molecule has 0 saturated carbocycles. The van der Waals surface area contributed by atoms with Crippen molar-refractivity contribution < 1.29 is 20.1 Å². The fraction of sp³-hybridized carbons (Fsp3) is 0.923. The predicted octanol–water partition coefficient (Wildman–Crippen LogP) is -1.69. The smallest absolute Gasteiger partial charge is 0.212 e. The van der Waals surface area contributed by atoms with Crippen LogP contribution in [0.5, 0.6) is 0 Å². The van der Waals surface area contributed by atoms with E-state index in [4.69, 9.17) is 16.2 Å². The standard InChI is InChI=1S/C13H27N3O4/c1-9-6-11(17)13(19,20-7-9)8-16-12(18)10(15)4-2-3-5-14/h9-11,17,19H,2-8,14-15H2,1H3,(H,16,18)/p-1/t9?,10-,11?,13-/m0/s1. The molecule has 0 bridgehead atoms. The van der Waals surface area contributed by atoms with Gasteiger partial charge in [0.15, 0.2) is 0 Å². The third-order valence-electron chi connectivity index (χ3n) is 3.51. The molecule has 1 saturated heterocycles. The molecule has 0 aromatic rings. The van der Waals surface area contributed by atoms with Crippen molar-refractivity contribution in [1.29, 1.82) is 0 Å². The molecule has 1 aliphatic rings. The van der Waals surface area contributed by atoms with Crippen LogP contribution in [0.15, 0.2) is 4.99 Å². The van der Waals surface area contributed by atoms with Crippen LogP contribution in [0.1, 0.15) is 32.6 Å². The number of nitrogens with zero attached hydrogens (tertiary/aromatic N) is 1. The summed E-state index contributed by atoms with van der Waals surface area (Å²) in [6.45, 7) is 2.53. The predicted molar refractivity (Wildman–Crippen MR) is 73.9 cm³/mol. The van der Waals surface area contributed by atoms with Gasteiger partial charge < -0.3 is 31.5 Å². The largest absolute Gasteiger partial charge is 0.861 e. The highest BCUT2D eigenvalue weighted by molar-refractivity contribution is 5.77. The van der Waals surface area contributed by atoms with Crippen LogP contribution in [0.25, 0.3) is 0 Å². The molecule has 0 radical (unpaired) electrons. The third-order valence-corrected chi connectivity index (χ3v) is 3.51. The Balaban J connectivity index is 2.48. The van der Waals surface area contributed by atoms with E-state index in [-0.39, 0.29) is 12.5 Å². The third kappa shape index (κ3) is 4.99. The maximum atomic E-state index is 11.7. The zero-order valence-corrected chi connectivity index (χ0v) is 12.0. The quantitative estimate of drug-likeness (QED) is 0.250. The van der Waals surface area contributed by atoms with Gasteiger partial charge in [-0.2, -0.15) is 0 Å². The number of aliphatic hydroxyl groups is 2. The molecule has 1 rings (SSSR count). The second kappa shape index (κ2) is 7.90. The first-order valence-corrected chi connectivity index (χ1v) is 7.10. The Hall–Kier alpha value is -0.730. The SMILES string of the molecule is CC1CO[C@@](O)(CN=C([O-])[C@@H](N)CCCCN)C(O)C1. The van der Waals surface area contributed by atoms with E-state index in [1.165, 1.54) is 0 Å². The summed E-state index contributed by atoms with van der Waals surface area (Å²) in [6, 6.07) is -0.690. The van der Waals surface area contributed by atoms with Gasteiger partial charge in [0, 0.05) is 6.04 Å². The number of unbranched alkanes of at least 4 members (excludes halogenated alkanes) is 1. The van der Waals surface area contributed by atoms with Gasteiger partial charge in [0.2, 0.25) is 5.79 Å². The molecule has 1 fully saturated rings. The zero-order chi connectivity index (χ0) is 15.2. The summed E-state index contributed by atoms with van der Waals surface area (Å²) in [5, 5.41) is 31.7. The van der Waals surface area contributed by atoms with Crippen molar-refractivity contribution in [3.8, 4) is 0 Å². The van der Waals surface area contributed by atoms with Crippen LogP contribution in [0, 0.1) is 5.92 Å². The molecule has 1 heterocycles. The van der Waals surface area contributed by atoms with Crippen molar-refractivity contribution >= 4 is 5.90 Å². The first-order valence-electron chi connectivity index (χ1n) is 7.10. The zero-order valence-electron chi connectivity index (χ0n) is 12.0. The van der Waals surface area contributed by atoms with Gasteiger partial charge >= 0.3 is 0 Å². The van der Waals surface area contributed by atoms with Gasteiger partial charge in [0.1, 0.15) is 6.10 Å². The first-order chi connectivity index (χ1) is 9.39. The number of hydrogen-bond acceptors (Lipinski definition) is 7. The molecule has 0 aromatic heterocycles. The molecule has 0 aliphatic carbocycles. The molecule has 118 valence electrons. The second-order valence-corrected chi connectivity index (χ2v) is 5.56. The summed E-state index contributed by atoms with van der Waals surface area (Å²) >= 11 is 0. The van der Waals surface area contributed by atoms with Gasteiger partial charge in [-0.05, 0) is 37.6 Å². The Kier molecular flexibility index (Phi) is 6.84. The van der Waals surface area contributed by atoms with E-state index < -0.39 is 23.8 Å². The van der Waals surface area contributed by atoms with Gasteiger partial charge in [-0.3, -0.25) is 4.99 Å². The summed E-state index contributed by atoms with van der Waals surface area (Å²) in [5.41, 5.74) is 11.1. The first kappa shape index (κ1) is 17.3. The van der Waals surface area contributed by atoms with Crippen molar-refractivity contribution in [1.82, 2.24) is 0 Å². The number of nitrogens with two attached hydrogens (primary N) is 2. The lowest BCUT2D eigenvalue weighted by atomic mass is 9.95. The summed E-state index contributed by atoms with van der Waals surface area (Å²) < 4.78 is 5.22. The molecular weight excluding hydrogens is 262 g/mol. The van der Waals surface area contributed by atoms with Crippen molar-refractivity contribution in [2.75, 3.05) is 19.7 Å². The van der Waals surface area contributed by atoms with E-state index in [2.05, 4.69) is 4.99 Å². The van der Waals surface area contributed by atoms with Crippen LogP contribution >= 0.6 is 0 Å². The molecule has 0 aromatic carbocycles. The fourth-order valence-corrected chi connectivity index (χ4v) is 2.11. The van der Waals surface area contributed by atoms with E-state index in [1.807, 2.05) is 6.92 Å². The van der Waals surface area contributed by atoms with E-state index in [0.29, 0.717) is 26.0 Å². The molecule has 0 spiro atoms. The van der Waals surface area contributed by atoms with Gasteiger partial charge in [-0.15, -0.1) is 0 Å². The maximum absolute atomic E-state index is 11.7. The maximum Gasteiger partial charge on any atom is 0.212 e. The number of aliphatic imine (C=N–C) groups is 1. The van der Waals surface area contributed by atoms with Crippen molar-refractivity contribution in [3.05, 3.63) is 0 Å². The molecule has 1 aliphatic heterocycles. The topological polar surface area (TPSA) is 137 Å². The molecular formula is C13H26N3O4-. The Bertz CT molecular complexity index is 327. The van der Waals surface area contributed by atoms with Crippen molar-refractivity contribution in [2.24, 2.45) is 22.4 Å². The second-order valence-electron chi connectivity index (χ2n) is 5.56. The average molecular weight is 288 g/mol. The Morgan fingerprint density at radius 1 is 1.55 bits per heavy atom. The van der Waals surface area contributed by atoms with Crippen LogP contribution in [-0.2, 0) is 4.74 Å². The lowest BCUT2D eigenvalue weighted by Gasteiger charge is -2.38. The highest BCUT2D eigenvalue weighted by Crippen LogP contribution is 2.26. The van der Waals surface area contributed by atoms with Crippen molar-refractivity contribution in [3.63, 3.8) is 0 Å². The van der Waals surface area contributed by atoms with Crippen LogP contribution < -0.4 is 16.6 Å². The number of hydrogen-bond donors (Lipinski definition) is 4. The van der Waals surface area contributed by atoms with Crippen molar-refractivity contribution in [2.45, 2.75) is 50.5 Å². The van der Waals surface area contributed by atoms with Crippen LogP contribution in [-0.4, -0.2) is 53.7 Å². The van der Waals surface area contributed by atoms with Crippen LogP contribution in [0.3, 0.4) is 0 Å². The minimum absolute atomic E-state index is 0.166. The molecule has 0 amide bonds. The van der Waals surface area contributed by atoms with Crippen LogP contribution in [0.4, 0.5) is 0 Å². The molecule has 7 heteroatoms. The average Bonchev–Trinajstić information content (AvgIpc) is 2.41. The highest BCUT2D eigenvalue weighted by Gasteiger charge is 2.41. The highest BCUT2D eigenvalue weighted by atomic mass is 16.6. The molecule has 6 N–H and O–H groups in total. The van der Waals surface area contributed by atoms with E-state index in [0.717, 1.165) is 12.8 Å². The van der Waals surface area contributed by atoms with Gasteiger partial charge in [0.05, 0.1) is 13.2 Å². The fourth-order valence-electron chi connectivity index (χ4n) is 2.11. The molecule has 20 heavy (non-hydrogen) atoms. The Labute approximate surface area is 119 Å². The summed E-state index contributed by atoms with van der Waals surface area (Å²) in [4.78, 5) is 3.74. The lowest BCUT2D eigenvalue weighted by Crippen LogP contribution is -2.53. The van der Waals surface area contributed by atoms with E-state index in [1.54, 1.807) is 0 Å². The molecule has 7 nitrogen and oxygen atoms in total. The van der Waals surface area contributed by atoms with E-state index in [9.17, 15) is 15.3 Å². The van der Waals surface area contributed by atoms with Gasteiger partial charge in [-0.25, -0.2) is 0 Å². The minimum atomic E-state index is -1.78. The molecule has 2 unspecified atom stereocenters. The number of aliphatic hydroxyl groups excluding tert-OH is 1. The summed E-state index contributed by atoms with van der Waals surface area (Å²) in [6.07, 6.45) is 1.46. The summed E-state index contributed by atoms with van der Waals surface area (Å²) in [5.74, 6) is -2.09. The minimum Gasteiger partial charge on any atom is -0.861 e. The lowest BCUT2D eigenvalue weighted by molar-refractivity contribution is -0.280. The Morgan fingerprint density at radius 2 is 2.25 bits per heavy atom. The normalized spacial score (nSPS) is 33.1. The molecule has 4 atom stereocenters. The Morgan fingerprint density at radius 3 is 2.85 bits per heavy atom. The summed E-state index contributed by atoms with van der Waals surface area (Å²) in [7, 11) is 0. The number of ether oxygens (including phenoxy) is 1. The van der Waals surface area contributed by atoms with Gasteiger partial charge in [-0.1, -0.05) is 13.3 Å². The monoisotopic (exact) mass is 288 g/mol. The van der Waals surface area contributed by atoms with Crippen LogP contribution in [0.2, 0.25) is 0 Å².